The molecule has 1 atom stereocenters. The summed E-state index contributed by atoms with van der Waals surface area (Å²) >= 11 is 0. The minimum absolute atomic E-state index is 0.0116. The zero-order chi connectivity index (χ0) is 18.6. The molecule has 2 aromatic rings. The third-order valence-corrected chi connectivity index (χ3v) is 4.72. The number of methoxy groups -OCH3 is 1. The molecule has 1 N–H and O–H groups in total. The molecule has 1 fully saturated rings. The van der Waals surface area contributed by atoms with Crippen LogP contribution in [0.1, 0.15) is 12.0 Å². The molecule has 7 heteroatoms. The van der Waals surface area contributed by atoms with Gasteiger partial charge in [0.2, 0.25) is 5.91 Å². The number of likely N-dealkylation sites (tertiary alicyclic amines) is 1. The van der Waals surface area contributed by atoms with Crippen LogP contribution in [0.4, 0.5) is 0 Å². The van der Waals surface area contributed by atoms with Crippen molar-refractivity contribution in [3.63, 3.8) is 0 Å². The van der Waals surface area contributed by atoms with Gasteiger partial charge in [-0.3, -0.25) is 14.4 Å². The van der Waals surface area contributed by atoms with Crippen LogP contribution in [0.3, 0.4) is 0 Å². The molecule has 1 aliphatic heterocycles. The maximum absolute atomic E-state index is 12.4. The van der Waals surface area contributed by atoms with Gasteiger partial charge in [-0.15, -0.1) is 0 Å². The van der Waals surface area contributed by atoms with Crippen LogP contribution in [-0.2, 0) is 17.9 Å². The first-order chi connectivity index (χ1) is 12.5. The van der Waals surface area contributed by atoms with Crippen LogP contribution < -0.4 is 4.74 Å². The van der Waals surface area contributed by atoms with Gasteiger partial charge >= 0.3 is 0 Å². The van der Waals surface area contributed by atoms with Crippen molar-refractivity contribution >= 4 is 5.91 Å². The molecule has 1 aromatic heterocycles. The minimum Gasteiger partial charge on any atom is -0.497 e. The van der Waals surface area contributed by atoms with Gasteiger partial charge in [-0.05, 0) is 37.2 Å². The average Bonchev–Trinajstić information content (AvgIpc) is 3.25. The Hall–Kier alpha value is -2.38. The number of aliphatic hydroxyl groups is 1. The second-order valence-corrected chi connectivity index (χ2v) is 7.01. The third kappa shape index (κ3) is 4.62. The van der Waals surface area contributed by atoms with Crippen LogP contribution in [-0.4, -0.2) is 70.0 Å². The second-order valence-electron chi connectivity index (χ2n) is 7.01. The predicted octanol–water partition coefficient (Wildman–Crippen LogP) is 0.987. The molecule has 1 aliphatic rings. The van der Waals surface area contributed by atoms with Crippen molar-refractivity contribution in [2.45, 2.75) is 25.1 Å². The highest BCUT2D eigenvalue weighted by Crippen LogP contribution is 2.23. The van der Waals surface area contributed by atoms with Gasteiger partial charge in [-0.1, -0.05) is 12.1 Å². The van der Waals surface area contributed by atoms with E-state index in [1.54, 1.807) is 35.2 Å². The zero-order valence-corrected chi connectivity index (χ0v) is 15.3. The zero-order valence-electron chi connectivity index (χ0n) is 15.3. The van der Waals surface area contributed by atoms with Crippen molar-refractivity contribution in [1.82, 2.24) is 19.6 Å². The molecule has 1 amide bonds. The summed E-state index contributed by atoms with van der Waals surface area (Å²) in [5.41, 5.74) is 0.280. The Morgan fingerprint density at radius 1 is 1.38 bits per heavy atom. The number of benzene rings is 1. The molecule has 7 nitrogen and oxygen atoms in total. The molecule has 1 aromatic carbocycles. The Morgan fingerprint density at radius 2 is 2.15 bits per heavy atom. The molecule has 1 saturated heterocycles. The molecule has 26 heavy (non-hydrogen) atoms. The molecule has 3 rings (SSSR count). The molecular weight excluding hydrogens is 332 g/mol. The lowest BCUT2D eigenvalue weighted by Gasteiger charge is -2.29. The molecule has 0 unspecified atom stereocenters. The van der Waals surface area contributed by atoms with Crippen molar-refractivity contribution < 1.29 is 14.6 Å². The summed E-state index contributed by atoms with van der Waals surface area (Å²) < 4.78 is 6.78. The van der Waals surface area contributed by atoms with Crippen molar-refractivity contribution in [3.8, 4) is 5.75 Å². The lowest BCUT2D eigenvalue weighted by molar-refractivity contribution is -0.132. The molecule has 0 spiro atoms. The van der Waals surface area contributed by atoms with Crippen LogP contribution in [0.25, 0.3) is 0 Å². The molecule has 0 bridgehead atoms. The number of likely N-dealkylation sites (N-methyl/N-ethyl adjacent to an activating group) is 1. The van der Waals surface area contributed by atoms with E-state index in [4.69, 9.17) is 4.74 Å². The molecule has 140 valence electrons. The van der Waals surface area contributed by atoms with Gasteiger partial charge < -0.3 is 14.7 Å². The van der Waals surface area contributed by atoms with Gasteiger partial charge in [0.25, 0.3) is 0 Å². The normalized spacial score (nSPS) is 19.9. The van der Waals surface area contributed by atoms with Gasteiger partial charge in [-0.2, -0.15) is 5.10 Å². The Morgan fingerprint density at radius 3 is 2.81 bits per heavy atom. The Labute approximate surface area is 153 Å². The minimum atomic E-state index is -0.874. The summed E-state index contributed by atoms with van der Waals surface area (Å²) in [6.07, 6.45) is 4.01. The van der Waals surface area contributed by atoms with Crippen LogP contribution >= 0.6 is 0 Å². The first kappa shape index (κ1) is 18.4. The molecule has 2 heterocycles. The summed E-state index contributed by atoms with van der Waals surface area (Å²) in [5, 5.41) is 15.0. The first-order valence-corrected chi connectivity index (χ1v) is 8.76. The number of β-amino-alcohol motifs (C(OH)–C–C–N with tert-alkyl or cyclic N) is 1. The van der Waals surface area contributed by atoms with E-state index in [0.717, 1.165) is 17.9 Å². The topological polar surface area (TPSA) is 70.8 Å². The van der Waals surface area contributed by atoms with Crippen LogP contribution in [0.2, 0.25) is 0 Å². The fraction of sp³-hybridized carbons (Fsp3) is 0.474. The largest absolute Gasteiger partial charge is 0.497 e. The second kappa shape index (κ2) is 7.88. The van der Waals surface area contributed by atoms with E-state index in [1.165, 1.54) is 0 Å². The van der Waals surface area contributed by atoms with Crippen molar-refractivity contribution in [2.75, 3.05) is 33.8 Å². The van der Waals surface area contributed by atoms with E-state index in [1.807, 2.05) is 31.3 Å². The van der Waals surface area contributed by atoms with Gasteiger partial charge in [-0.25, -0.2) is 0 Å². The number of rotatable bonds is 7. The smallest absolute Gasteiger partial charge is 0.244 e. The monoisotopic (exact) mass is 358 g/mol. The average molecular weight is 358 g/mol. The third-order valence-electron chi connectivity index (χ3n) is 4.72. The Kier molecular flexibility index (Phi) is 5.58. The number of nitrogens with zero attached hydrogens (tertiary/aromatic N) is 4. The highest BCUT2D eigenvalue weighted by atomic mass is 16.5. The number of ether oxygens (including phenoxy) is 1. The Bertz CT molecular complexity index is 717. The van der Waals surface area contributed by atoms with E-state index in [2.05, 4.69) is 10.00 Å². The van der Waals surface area contributed by atoms with Crippen LogP contribution in [0, 0.1) is 0 Å². The number of aromatic nitrogens is 2. The Balaban J connectivity index is 1.51. The molecule has 0 aliphatic carbocycles. The maximum atomic E-state index is 12.4. The maximum Gasteiger partial charge on any atom is 0.244 e. The predicted molar refractivity (Wildman–Crippen MR) is 97.7 cm³/mol. The van der Waals surface area contributed by atoms with Gasteiger partial charge in [0.05, 0.1) is 19.3 Å². The number of hydrogen-bond acceptors (Lipinski definition) is 5. The summed E-state index contributed by atoms with van der Waals surface area (Å²) in [5.74, 6) is 0.819. The lowest BCUT2D eigenvalue weighted by atomic mass is 10.0. The van der Waals surface area contributed by atoms with Crippen molar-refractivity contribution in [3.05, 3.63) is 48.3 Å². The highest BCUT2D eigenvalue weighted by molar-refractivity contribution is 5.76. The fourth-order valence-corrected chi connectivity index (χ4v) is 3.43. The number of carbonyl (C=O) groups excluding carboxylic acids is 1. The van der Waals surface area contributed by atoms with Crippen LogP contribution in [0.15, 0.2) is 42.7 Å². The SMILES string of the molecule is COc1ccc(CN(C)C[C@@]2(O)CCN(C(=O)Cn3cccn3)C2)cc1. The van der Waals surface area contributed by atoms with Gasteiger partial charge in [0, 0.05) is 32.0 Å². The van der Waals surface area contributed by atoms with Gasteiger partial charge in [0.15, 0.2) is 0 Å². The van der Waals surface area contributed by atoms with E-state index < -0.39 is 5.60 Å². The summed E-state index contributed by atoms with van der Waals surface area (Å²) in [6, 6.07) is 9.70. The summed E-state index contributed by atoms with van der Waals surface area (Å²) in [6.45, 7) is 2.40. The summed E-state index contributed by atoms with van der Waals surface area (Å²) in [4.78, 5) is 16.2. The molecule has 0 saturated carbocycles. The number of hydrogen-bond donors (Lipinski definition) is 1. The van der Waals surface area contributed by atoms with Crippen LogP contribution in [0.5, 0.6) is 5.75 Å². The van der Waals surface area contributed by atoms with Gasteiger partial charge in [0.1, 0.15) is 12.3 Å². The molecule has 0 radical (unpaired) electrons. The van der Waals surface area contributed by atoms with E-state index in [0.29, 0.717) is 26.1 Å². The molecular formula is C19H26N4O3. The van der Waals surface area contributed by atoms with Crippen molar-refractivity contribution in [2.24, 2.45) is 0 Å². The quantitative estimate of drug-likeness (QED) is 0.799. The highest BCUT2D eigenvalue weighted by Gasteiger charge is 2.38. The van der Waals surface area contributed by atoms with Crippen molar-refractivity contribution in [1.29, 1.82) is 0 Å². The fourth-order valence-electron chi connectivity index (χ4n) is 3.43. The van der Waals surface area contributed by atoms with E-state index in [-0.39, 0.29) is 12.5 Å². The standard InChI is InChI=1S/C19H26N4O3/c1-21(12-16-4-6-17(26-2)7-5-16)14-19(25)8-11-22(15-19)18(24)13-23-10-3-9-20-23/h3-7,9-10,25H,8,11-15H2,1-2H3/t19-/m0/s1. The first-order valence-electron chi connectivity index (χ1n) is 8.76. The number of amides is 1. The number of carbonyl (C=O) groups is 1. The summed E-state index contributed by atoms with van der Waals surface area (Å²) in [7, 11) is 3.63. The van der Waals surface area contributed by atoms with E-state index >= 15 is 0 Å². The van der Waals surface area contributed by atoms with E-state index in [9.17, 15) is 9.90 Å². The lowest BCUT2D eigenvalue weighted by Crippen LogP contribution is -2.44.